The quantitative estimate of drug-likeness (QED) is 0.594. The van der Waals surface area contributed by atoms with Gasteiger partial charge in [0.05, 0.1) is 7.11 Å². The number of nitrogens with zero attached hydrogens (tertiary/aromatic N) is 2. The van der Waals surface area contributed by atoms with Crippen LogP contribution < -0.4 is 10.9 Å². The molecule has 1 aromatic heterocycles. The standard InChI is InChI=1S/C19H25N3O5/c1-12(23)21-10-13-9-14(11-21)18(22-15(13)5-3-6-16(22)24)19(26)20-8-4-7-17(25)27-2/h3,5-6,13-14,18H,4,7-11H2,1-2H3,(H,20,26)/t13-,14+,18-/m1/s1. The number of pyridine rings is 1. The average Bonchev–Trinajstić information content (AvgIpc) is 2.65. The number of esters is 1. The molecular formula is C19H25N3O5. The summed E-state index contributed by atoms with van der Waals surface area (Å²) in [6, 6.07) is 4.38. The maximum atomic E-state index is 12.9. The number of rotatable bonds is 5. The summed E-state index contributed by atoms with van der Waals surface area (Å²) in [4.78, 5) is 50.3. The van der Waals surface area contributed by atoms with E-state index in [4.69, 9.17) is 0 Å². The van der Waals surface area contributed by atoms with Gasteiger partial charge in [-0.05, 0) is 18.9 Å². The van der Waals surface area contributed by atoms with Gasteiger partial charge in [0.1, 0.15) is 6.04 Å². The van der Waals surface area contributed by atoms with Crippen LogP contribution in [0.1, 0.15) is 43.8 Å². The van der Waals surface area contributed by atoms with Gasteiger partial charge in [-0.25, -0.2) is 0 Å². The van der Waals surface area contributed by atoms with Gasteiger partial charge >= 0.3 is 5.97 Å². The lowest BCUT2D eigenvalue weighted by molar-refractivity contribution is -0.140. The number of methoxy groups -OCH3 is 1. The van der Waals surface area contributed by atoms with Crippen LogP contribution in [0, 0.1) is 5.92 Å². The minimum atomic E-state index is -0.648. The van der Waals surface area contributed by atoms with Crippen LogP contribution in [0.4, 0.5) is 0 Å². The lowest BCUT2D eigenvalue weighted by atomic mass is 9.78. The van der Waals surface area contributed by atoms with E-state index < -0.39 is 6.04 Å². The molecule has 1 aromatic rings. The van der Waals surface area contributed by atoms with Gasteiger partial charge in [-0.15, -0.1) is 0 Å². The first-order valence-electron chi connectivity index (χ1n) is 9.24. The molecule has 0 aliphatic carbocycles. The normalized spacial score (nSPS) is 23.3. The molecule has 1 saturated heterocycles. The van der Waals surface area contributed by atoms with Crippen molar-refractivity contribution in [1.82, 2.24) is 14.8 Å². The molecule has 0 spiro atoms. The Morgan fingerprint density at radius 1 is 1.26 bits per heavy atom. The lowest BCUT2D eigenvalue weighted by Crippen LogP contribution is -2.54. The first-order valence-corrected chi connectivity index (χ1v) is 9.24. The molecule has 1 N–H and O–H groups in total. The van der Waals surface area contributed by atoms with Crippen molar-refractivity contribution >= 4 is 17.8 Å². The van der Waals surface area contributed by atoms with Gasteiger partial charge in [-0.3, -0.25) is 23.7 Å². The molecular weight excluding hydrogens is 350 g/mol. The van der Waals surface area contributed by atoms with Gasteiger partial charge in [0.2, 0.25) is 11.8 Å². The number of fused-ring (bicyclic) bond motifs is 4. The number of nitrogens with one attached hydrogen (secondary N) is 1. The van der Waals surface area contributed by atoms with E-state index in [2.05, 4.69) is 10.1 Å². The Hall–Kier alpha value is -2.64. The maximum absolute atomic E-state index is 12.9. The molecule has 8 nitrogen and oxygen atoms in total. The molecule has 3 rings (SSSR count). The van der Waals surface area contributed by atoms with E-state index in [0.717, 1.165) is 12.1 Å². The number of carbonyl (C=O) groups excluding carboxylic acids is 3. The van der Waals surface area contributed by atoms with Crippen LogP contribution >= 0.6 is 0 Å². The Labute approximate surface area is 157 Å². The number of ether oxygens (including phenoxy) is 1. The second-order valence-corrected chi connectivity index (χ2v) is 7.19. The summed E-state index contributed by atoms with van der Waals surface area (Å²) in [6.07, 6.45) is 1.46. The number of amides is 2. The molecule has 3 atom stereocenters. The predicted molar refractivity (Wildman–Crippen MR) is 97.1 cm³/mol. The molecule has 2 aliphatic heterocycles. The SMILES string of the molecule is COC(=O)CCCNC(=O)[C@H]1[C@H]2C[C@H](CN(C(C)=O)C2)c2cccc(=O)n21. The van der Waals surface area contributed by atoms with Crippen molar-refractivity contribution in [2.24, 2.45) is 5.92 Å². The molecule has 2 bridgehead atoms. The van der Waals surface area contributed by atoms with E-state index in [1.807, 2.05) is 6.07 Å². The fourth-order valence-corrected chi connectivity index (χ4v) is 4.18. The van der Waals surface area contributed by atoms with Crippen LogP contribution in [0.5, 0.6) is 0 Å². The van der Waals surface area contributed by atoms with Crippen molar-refractivity contribution in [2.45, 2.75) is 38.1 Å². The Morgan fingerprint density at radius 3 is 2.74 bits per heavy atom. The fraction of sp³-hybridized carbons (Fsp3) is 0.579. The summed E-state index contributed by atoms with van der Waals surface area (Å²) in [6.45, 7) is 2.89. The highest BCUT2D eigenvalue weighted by Gasteiger charge is 2.44. The van der Waals surface area contributed by atoms with Crippen LogP contribution in [0.25, 0.3) is 0 Å². The van der Waals surface area contributed by atoms with Gasteiger partial charge in [-0.1, -0.05) is 6.07 Å². The molecule has 146 valence electrons. The summed E-state index contributed by atoms with van der Waals surface area (Å²) >= 11 is 0. The molecule has 0 aromatic carbocycles. The third-order valence-electron chi connectivity index (χ3n) is 5.45. The van der Waals surface area contributed by atoms with E-state index in [1.165, 1.54) is 20.1 Å². The van der Waals surface area contributed by atoms with Crippen LogP contribution in [-0.4, -0.2) is 54.0 Å². The average molecular weight is 375 g/mol. The van der Waals surface area contributed by atoms with Crippen LogP contribution in [0.15, 0.2) is 23.0 Å². The minimum absolute atomic E-state index is 0.0198. The van der Waals surface area contributed by atoms with Gasteiger partial charge in [0.25, 0.3) is 5.56 Å². The van der Waals surface area contributed by atoms with Gasteiger partial charge in [-0.2, -0.15) is 0 Å². The number of hydrogen-bond donors (Lipinski definition) is 1. The maximum Gasteiger partial charge on any atom is 0.305 e. The first-order chi connectivity index (χ1) is 12.9. The number of carbonyl (C=O) groups is 3. The smallest absolute Gasteiger partial charge is 0.305 e. The summed E-state index contributed by atoms with van der Waals surface area (Å²) < 4.78 is 6.18. The number of hydrogen-bond acceptors (Lipinski definition) is 5. The first kappa shape index (κ1) is 19.1. The van der Waals surface area contributed by atoms with Gasteiger partial charge < -0.3 is 15.0 Å². The van der Waals surface area contributed by atoms with E-state index in [9.17, 15) is 19.2 Å². The second kappa shape index (κ2) is 7.94. The Kier molecular flexibility index (Phi) is 5.62. The fourth-order valence-electron chi connectivity index (χ4n) is 4.18. The van der Waals surface area contributed by atoms with Crippen molar-refractivity contribution in [1.29, 1.82) is 0 Å². The van der Waals surface area contributed by atoms with Crippen molar-refractivity contribution in [3.8, 4) is 0 Å². The zero-order valence-corrected chi connectivity index (χ0v) is 15.6. The van der Waals surface area contributed by atoms with Crippen molar-refractivity contribution in [2.75, 3.05) is 26.7 Å². The van der Waals surface area contributed by atoms with Crippen molar-refractivity contribution in [3.63, 3.8) is 0 Å². The van der Waals surface area contributed by atoms with Crippen LogP contribution in [0.3, 0.4) is 0 Å². The molecule has 8 heteroatoms. The highest BCUT2D eigenvalue weighted by Crippen LogP contribution is 2.41. The summed E-state index contributed by atoms with van der Waals surface area (Å²) in [5.74, 6) is -0.640. The monoisotopic (exact) mass is 375 g/mol. The largest absolute Gasteiger partial charge is 0.469 e. The summed E-state index contributed by atoms with van der Waals surface area (Å²) in [5.41, 5.74) is 0.604. The van der Waals surface area contributed by atoms with Crippen LogP contribution in [0.2, 0.25) is 0 Å². The van der Waals surface area contributed by atoms with E-state index in [-0.39, 0.29) is 41.6 Å². The van der Waals surface area contributed by atoms with E-state index >= 15 is 0 Å². The Bertz CT molecular complexity index is 803. The number of likely N-dealkylation sites (tertiary alicyclic amines) is 1. The van der Waals surface area contributed by atoms with E-state index in [0.29, 0.717) is 26.1 Å². The number of piperidine rings is 1. The van der Waals surface area contributed by atoms with Crippen molar-refractivity contribution < 1.29 is 19.1 Å². The third-order valence-corrected chi connectivity index (χ3v) is 5.45. The van der Waals surface area contributed by atoms with Crippen LogP contribution in [-0.2, 0) is 19.1 Å². The van der Waals surface area contributed by atoms with Gasteiger partial charge in [0, 0.05) is 56.6 Å². The summed E-state index contributed by atoms with van der Waals surface area (Å²) in [7, 11) is 1.33. The summed E-state index contributed by atoms with van der Waals surface area (Å²) in [5, 5.41) is 2.84. The minimum Gasteiger partial charge on any atom is -0.469 e. The predicted octanol–water partition coefficient (Wildman–Crippen LogP) is 0.424. The highest BCUT2D eigenvalue weighted by molar-refractivity contribution is 5.81. The van der Waals surface area contributed by atoms with Gasteiger partial charge in [0.15, 0.2) is 0 Å². The Balaban J connectivity index is 1.81. The third kappa shape index (κ3) is 3.89. The molecule has 2 aliphatic rings. The highest BCUT2D eigenvalue weighted by atomic mass is 16.5. The molecule has 27 heavy (non-hydrogen) atoms. The molecule has 0 radical (unpaired) electrons. The van der Waals surface area contributed by atoms with Crippen molar-refractivity contribution in [3.05, 3.63) is 34.2 Å². The molecule has 0 saturated carbocycles. The zero-order valence-electron chi connectivity index (χ0n) is 15.6. The second-order valence-electron chi connectivity index (χ2n) is 7.19. The topological polar surface area (TPSA) is 97.7 Å². The number of aromatic nitrogens is 1. The molecule has 2 amide bonds. The molecule has 0 unspecified atom stereocenters. The zero-order chi connectivity index (χ0) is 19.6. The Morgan fingerprint density at radius 2 is 2.04 bits per heavy atom. The lowest BCUT2D eigenvalue weighted by Gasteiger charge is -2.46. The molecule has 3 heterocycles. The molecule has 1 fully saturated rings. The van der Waals surface area contributed by atoms with E-state index in [1.54, 1.807) is 15.5 Å².